The zero-order valence-corrected chi connectivity index (χ0v) is 13.4. The Morgan fingerprint density at radius 3 is 2.45 bits per heavy atom. The maximum absolute atomic E-state index is 11.5. The quantitative estimate of drug-likeness (QED) is 0.306. The number of rotatable bonds is 8. The maximum atomic E-state index is 11.5. The van der Waals surface area contributed by atoms with Gasteiger partial charge in [0.2, 0.25) is 0 Å². The molecule has 1 unspecified atom stereocenters. The first-order valence-electron chi connectivity index (χ1n) is 6.81. The third kappa shape index (κ3) is 4.37. The zero-order valence-electron chi connectivity index (χ0n) is 13.4. The number of aliphatic hydroxyl groups is 1. The molecule has 0 aromatic heterocycles. The van der Waals surface area contributed by atoms with Crippen molar-refractivity contribution in [3.8, 4) is 0 Å². The van der Waals surface area contributed by atoms with Crippen molar-refractivity contribution < 1.29 is 33.6 Å². The Labute approximate surface area is 130 Å². The highest BCUT2D eigenvalue weighted by atomic mass is 16.8. The molecule has 0 aliphatic carbocycles. The zero-order chi connectivity index (χ0) is 16.9. The lowest BCUT2D eigenvalue weighted by molar-refractivity contribution is -0.165. The lowest BCUT2D eigenvalue weighted by atomic mass is 9.98. The first-order chi connectivity index (χ1) is 10.3. The van der Waals surface area contributed by atoms with Crippen LogP contribution < -0.4 is 0 Å². The van der Waals surface area contributed by atoms with Crippen LogP contribution in [0.25, 0.3) is 0 Å². The molecule has 0 saturated carbocycles. The van der Waals surface area contributed by atoms with Crippen LogP contribution in [-0.4, -0.2) is 62.3 Å². The summed E-state index contributed by atoms with van der Waals surface area (Å²) in [5.41, 5.74) is -0.117. The van der Waals surface area contributed by atoms with Gasteiger partial charge in [0.15, 0.2) is 5.79 Å². The van der Waals surface area contributed by atoms with Gasteiger partial charge in [-0.25, -0.2) is 4.79 Å². The van der Waals surface area contributed by atoms with E-state index in [0.717, 1.165) is 0 Å². The van der Waals surface area contributed by atoms with Crippen LogP contribution in [0.5, 0.6) is 0 Å². The smallest absolute Gasteiger partial charge is 0.335 e. The molecule has 126 valence electrons. The second-order valence-corrected chi connectivity index (χ2v) is 5.30. The van der Waals surface area contributed by atoms with Crippen molar-refractivity contribution in [3.05, 3.63) is 24.8 Å². The molecule has 1 rings (SSSR count). The van der Waals surface area contributed by atoms with Gasteiger partial charge in [-0.3, -0.25) is 0 Å². The minimum Gasteiger partial charge on any atom is -0.466 e. The highest BCUT2D eigenvalue weighted by molar-refractivity contribution is 5.88. The van der Waals surface area contributed by atoms with Gasteiger partial charge in [0.25, 0.3) is 0 Å². The molecular formula is C15H24O7. The fourth-order valence-electron chi connectivity index (χ4n) is 2.21. The molecule has 0 radical (unpaired) electrons. The number of hydrogen-bond acceptors (Lipinski definition) is 7. The van der Waals surface area contributed by atoms with Gasteiger partial charge < -0.3 is 28.8 Å². The second kappa shape index (κ2) is 7.85. The van der Waals surface area contributed by atoms with Crippen molar-refractivity contribution in [1.29, 1.82) is 0 Å². The minimum absolute atomic E-state index is 0.0255. The van der Waals surface area contributed by atoms with Gasteiger partial charge in [0.1, 0.15) is 31.2 Å². The van der Waals surface area contributed by atoms with E-state index in [-0.39, 0.29) is 12.4 Å². The average molecular weight is 316 g/mol. The highest BCUT2D eigenvalue weighted by Gasteiger charge is 2.49. The normalized spacial score (nSPS) is 26.2. The summed E-state index contributed by atoms with van der Waals surface area (Å²) in [5, 5.41) is 10.4. The Morgan fingerprint density at radius 2 is 1.95 bits per heavy atom. The molecule has 0 spiro atoms. The monoisotopic (exact) mass is 316 g/mol. The van der Waals surface area contributed by atoms with Gasteiger partial charge in [0.05, 0.1) is 12.7 Å². The van der Waals surface area contributed by atoms with Crippen LogP contribution in [0.3, 0.4) is 0 Å². The van der Waals surface area contributed by atoms with Gasteiger partial charge in [0, 0.05) is 7.11 Å². The number of esters is 1. The summed E-state index contributed by atoms with van der Waals surface area (Å²) in [7, 11) is 2.70. The number of ether oxygens (including phenoxy) is 5. The molecule has 7 nitrogen and oxygen atoms in total. The minimum atomic E-state index is -1.30. The van der Waals surface area contributed by atoms with E-state index in [0.29, 0.717) is 0 Å². The van der Waals surface area contributed by atoms with Crippen molar-refractivity contribution in [2.24, 2.45) is 0 Å². The summed E-state index contributed by atoms with van der Waals surface area (Å²) in [5.74, 6) is -1.67. The third-order valence-electron chi connectivity index (χ3n) is 3.21. The van der Waals surface area contributed by atoms with Gasteiger partial charge in [-0.1, -0.05) is 12.7 Å². The predicted octanol–water partition coefficient (Wildman–Crippen LogP) is 0.772. The van der Waals surface area contributed by atoms with Crippen LogP contribution in [0.1, 0.15) is 13.8 Å². The molecular weight excluding hydrogens is 292 g/mol. The van der Waals surface area contributed by atoms with Crippen LogP contribution in [0.15, 0.2) is 24.8 Å². The van der Waals surface area contributed by atoms with Gasteiger partial charge in [-0.2, -0.15) is 0 Å². The van der Waals surface area contributed by atoms with Crippen molar-refractivity contribution in [2.45, 2.75) is 44.1 Å². The van der Waals surface area contributed by atoms with Gasteiger partial charge in [-0.05, 0) is 13.8 Å². The van der Waals surface area contributed by atoms with E-state index < -0.39 is 36.2 Å². The summed E-state index contributed by atoms with van der Waals surface area (Å²) < 4.78 is 26.4. The van der Waals surface area contributed by atoms with E-state index in [1.807, 2.05) is 0 Å². The number of aliphatic hydroxyl groups excluding tert-OH is 1. The van der Waals surface area contributed by atoms with Gasteiger partial charge >= 0.3 is 5.97 Å². The summed E-state index contributed by atoms with van der Waals surface area (Å²) in [4.78, 5) is 11.5. The molecule has 1 saturated heterocycles. The van der Waals surface area contributed by atoms with E-state index in [1.54, 1.807) is 13.8 Å². The number of carbonyl (C=O) groups is 1. The molecule has 1 aliphatic rings. The largest absolute Gasteiger partial charge is 0.466 e. The van der Waals surface area contributed by atoms with E-state index in [2.05, 4.69) is 17.9 Å². The lowest BCUT2D eigenvalue weighted by Gasteiger charge is -2.27. The molecule has 1 heterocycles. The van der Waals surface area contributed by atoms with Crippen LogP contribution in [0.2, 0.25) is 0 Å². The van der Waals surface area contributed by atoms with E-state index in [4.69, 9.17) is 18.9 Å². The molecule has 0 bridgehead atoms. The second-order valence-electron chi connectivity index (χ2n) is 5.30. The Hall–Kier alpha value is -1.25. The number of carbonyl (C=O) groups excluding carboxylic acids is 1. The molecule has 0 amide bonds. The number of methoxy groups -OCH3 is 2. The fraction of sp³-hybridized carbons (Fsp3) is 0.667. The Morgan fingerprint density at radius 1 is 1.36 bits per heavy atom. The number of hydrogen-bond donors (Lipinski definition) is 1. The Balaban J connectivity index is 2.95. The topological polar surface area (TPSA) is 83.5 Å². The van der Waals surface area contributed by atoms with Crippen LogP contribution in [-0.2, 0) is 28.5 Å². The Kier molecular flexibility index (Phi) is 6.70. The molecule has 0 aromatic carbocycles. The first-order valence-corrected chi connectivity index (χ1v) is 6.81. The first kappa shape index (κ1) is 18.8. The molecule has 0 aromatic rings. The van der Waals surface area contributed by atoms with Crippen LogP contribution in [0, 0.1) is 0 Å². The molecule has 1 fully saturated rings. The van der Waals surface area contributed by atoms with E-state index >= 15 is 0 Å². The highest BCUT2D eigenvalue weighted by Crippen LogP contribution is 2.34. The summed E-state index contributed by atoms with van der Waals surface area (Å²) in [6, 6.07) is 0. The maximum Gasteiger partial charge on any atom is 0.335 e. The molecule has 4 atom stereocenters. The fourth-order valence-corrected chi connectivity index (χ4v) is 2.21. The van der Waals surface area contributed by atoms with Gasteiger partial charge in [-0.15, -0.1) is 6.58 Å². The summed E-state index contributed by atoms with van der Waals surface area (Å²) in [6.45, 7) is 10.7. The average Bonchev–Trinajstić information content (AvgIpc) is 2.81. The molecule has 7 heteroatoms. The van der Waals surface area contributed by atoms with E-state index in [9.17, 15) is 9.90 Å². The standard InChI is InChI=1S/C15H24O7/c1-7-10(20-8-18-5)12-13(22-15(3,4)21-12)11(16)9(2)14(17)19-6/h7,10-13,16H,1-2,8H2,3-6H3/t10-,11?,12-,13+/m0/s1. The SMILES string of the molecule is C=C[C@H](OCOC)[C@@H]1OC(C)(C)O[C@@H]1C(O)C(=C)C(=O)OC. The third-order valence-corrected chi connectivity index (χ3v) is 3.21. The summed E-state index contributed by atoms with van der Waals surface area (Å²) >= 11 is 0. The summed E-state index contributed by atoms with van der Waals surface area (Å²) in [6.07, 6.45) is -1.91. The van der Waals surface area contributed by atoms with Crippen molar-refractivity contribution in [3.63, 3.8) is 0 Å². The molecule has 1 aliphatic heterocycles. The van der Waals surface area contributed by atoms with Crippen LogP contribution in [0.4, 0.5) is 0 Å². The van der Waals surface area contributed by atoms with Crippen molar-refractivity contribution in [1.82, 2.24) is 0 Å². The molecule has 22 heavy (non-hydrogen) atoms. The Bertz CT molecular complexity index is 418. The van der Waals surface area contributed by atoms with Crippen molar-refractivity contribution in [2.75, 3.05) is 21.0 Å². The lowest BCUT2D eigenvalue weighted by Crippen LogP contribution is -2.44. The van der Waals surface area contributed by atoms with Crippen molar-refractivity contribution >= 4 is 5.97 Å². The van der Waals surface area contributed by atoms with Crippen LogP contribution >= 0.6 is 0 Å². The molecule has 1 N–H and O–H groups in total. The van der Waals surface area contributed by atoms with E-state index in [1.165, 1.54) is 20.3 Å². The predicted molar refractivity (Wildman–Crippen MR) is 77.9 cm³/mol.